The maximum atomic E-state index is 11.3. The summed E-state index contributed by atoms with van der Waals surface area (Å²) in [5.41, 5.74) is 1.70. The Kier molecular flexibility index (Phi) is 6.98. The van der Waals surface area contributed by atoms with E-state index in [0.717, 1.165) is 11.3 Å². The van der Waals surface area contributed by atoms with Crippen LogP contribution in [0.3, 0.4) is 0 Å². The summed E-state index contributed by atoms with van der Waals surface area (Å²) in [6.07, 6.45) is 1.14. The summed E-state index contributed by atoms with van der Waals surface area (Å²) in [4.78, 5) is 23.7. The van der Waals surface area contributed by atoms with E-state index in [4.69, 9.17) is 17.3 Å². The molecule has 1 aromatic rings. The Morgan fingerprint density at radius 3 is 2.27 bits per heavy atom. The van der Waals surface area contributed by atoms with Gasteiger partial charge in [-0.1, -0.05) is 24.4 Å². The number of carboxylic acid groups (broad SMARTS) is 2. The van der Waals surface area contributed by atoms with Crippen LogP contribution in [0.5, 0.6) is 0 Å². The van der Waals surface area contributed by atoms with Crippen molar-refractivity contribution in [2.24, 2.45) is 0 Å². The van der Waals surface area contributed by atoms with Gasteiger partial charge in [-0.05, 0) is 49.8 Å². The van der Waals surface area contributed by atoms with Crippen LogP contribution in [0.2, 0.25) is 0 Å². The number of aliphatic carboxylic acids is 2. The molecule has 0 aliphatic carbocycles. The molecule has 0 saturated carbocycles. The van der Waals surface area contributed by atoms with Crippen molar-refractivity contribution in [1.29, 1.82) is 0 Å². The number of benzene rings is 1. The van der Waals surface area contributed by atoms with Crippen molar-refractivity contribution in [3.63, 3.8) is 0 Å². The lowest BCUT2D eigenvalue weighted by Gasteiger charge is -2.34. The molecule has 0 saturated heterocycles. The highest BCUT2D eigenvalue weighted by molar-refractivity contribution is 7.78. The van der Waals surface area contributed by atoms with E-state index in [0.29, 0.717) is 12.8 Å². The van der Waals surface area contributed by atoms with Crippen molar-refractivity contribution in [2.45, 2.75) is 45.2 Å². The highest BCUT2D eigenvalue weighted by atomic mass is 32.1. The van der Waals surface area contributed by atoms with Crippen LogP contribution in [0, 0.1) is 0 Å². The van der Waals surface area contributed by atoms with Crippen LogP contribution < -0.4 is 4.90 Å². The van der Waals surface area contributed by atoms with Gasteiger partial charge in [-0.25, -0.2) is 4.79 Å². The summed E-state index contributed by atoms with van der Waals surface area (Å²) in [7, 11) is 0. The molecular weight excluding hydrogens is 302 g/mol. The molecule has 120 valence electrons. The van der Waals surface area contributed by atoms with Gasteiger partial charge in [0, 0.05) is 18.2 Å². The Hall–Kier alpha value is -1.95. The lowest BCUT2D eigenvalue weighted by atomic mass is 10.1. The van der Waals surface area contributed by atoms with Crippen molar-refractivity contribution in [3.05, 3.63) is 29.8 Å². The van der Waals surface area contributed by atoms with E-state index in [1.165, 1.54) is 0 Å². The van der Waals surface area contributed by atoms with Crippen molar-refractivity contribution in [2.75, 3.05) is 4.90 Å². The maximum absolute atomic E-state index is 11.3. The number of aryl methyl sites for hydroxylation is 1. The van der Waals surface area contributed by atoms with E-state index in [-0.39, 0.29) is 12.5 Å². The van der Waals surface area contributed by atoms with E-state index in [2.05, 4.69) is 0 Å². The molecule has 22 heavy (non-hydrogen) atoms. The number of nitrogens with zero attached hydrogens (tertiary/aromatic N) is 1. The van der Waals surface area contributed by atoms with Crippen LogP contribution in [0.4, 0.5) is 5.69 Å². The molecule has 0 amide bonds. The standard InChI is InChI=1S/C16H21NO4S/c1-11(9-10-22)17(12(2)16(20)21)14-6-3-13(4-7-14)5-8-15(18)19/h3-4,6-7,10-12H,5,8-9H2,1-2H3,(H,18,19)(H,20,21)/t11?,12-/m0/s1. The number of rotatable bonds is 9. The summed E-state index contributed by atoms with van der Waals surface area (Å²) < 4.78 is 0. The van der Waals surface area contributed by atoms with Crippen LogP contribution in [-0.2, 0) is 16.0 Å². The van der Waals surface area contributed by atoms with Gasteiger partial charge in [-0.3, -0.25) is 4.79 Å². The Balaban J connectivity index is 2.96. The molecule has 1 unspecified atom stereocenters. The van der Waals surface area contributed by atoms with Crippen molar-refractivity contribution in [3.8, 4) is 0 Å². The van der Waals surface area contributed by atoms with Gasteiger partial charge < -0.3 is 15.1 Å². The molecule has 0 heterocycles. The maximum Gasteiger partial charge on any atom is 0.326 e. The molecule has 2 atom stereocenters. The molecule has 1 rings (SSSR count). The zero-order chi connectivity index (χ0) is 16.7. The molecular formula is C16H21NO4S. The monoisotopic (exact) mass is 323 g/mol. The predicted molar refractivity (Wildman–Crippen MR) is 89.7 cm³/mol. The summed E-state index contributed by atoms with van der Waals surface area (Å²) in [6, 6.07) is 6.63. The molecule has 0 aliphatic rings. The first-order valence-corrected chi connectivity index (χ1v) is 7.59. The molecule has 0 spiro atoms. The first-order chi connectivity index (χ1) is 10.4. The average molecular weight is 323 g/mol. The Morgan fingerprint density at radius 2 is 1.82 bits per heavy atom. The molecule has 6 heteroatoms. The molecule has 0 aliphatic heterocycles. The van der Waals surface area contributed by atoms with Gasteiger partial charge in [0.1, 0.15) is 6.04 Å². The number of carbonyl (C=O) groups is 2. The smallest absolute Gasteiger partial charge is 0.326 e. The van der Waals surface area contributed by atoms with Crippen LogP contribution >= 0.6 is 12.2 Å². The quantitative estimate of drug-likeness (QED) is 0.680. The van der Waals surface area contributed by atoms with Gasteiger partial charge in [0.05, 0.1) is 0 Å². The van der Waals surface area contributed by atoms with Gasteiger partial charge >= 0.3 is 11.9 Å². The van der Waals surface area contributed by atoms with Crippen molar-refractivity contribution >= 4 is 35.2 Å². The van der Waals surface area contributed by atoms with Crippen molar-refractivity contribution in [1.82, 2.24) is 0 Å². The summed E-state index contributed by atoms with van der Waals surface area (Å²) in [6.45, 7) is 3.57. The molecule has 0 radical (unpaired) electrons. The molecule has 0 aromatic heterocycles. The Labute approximate surface area is 135 Å². The van der Waals surface area contributed by atoms with Gasteiger partial charge in [0.25, 0.3) is 0 Å². The molecule has 0 bridgehead atoms. The normalized spacial score (nSPS) is 13.2. The van der Waals surface area contributed by atoms with Gasteiger partial charge in [0.2, 0.25) is 0 Å². The predicted octanol–water partition coefficient (Wildman–Crippen LogP) is 2.76. The third-order valence-electron chi connectivity index (χ3n) is 3.55. The lowest BCUT2D eigenvalue weighted by Crippen LogP contribution is -2.45. The zero-order valence-electron chi connectivity index (χ0n) is 12.7. The van der Waals surface area contributed by atoms with Crippen molar-refractivity contribution < 1.29 is 19.8 Å². The number of thiocarbonyl (C=S) groups is 1. The highest BCUT2D eigenvalue weighted by Crippen LogP contribution is 2.22. The van der Waals surface area contributed by atoms with Crippen LogP contribution in [-0.4, -0.2) is 39.6 Å². The van der Waals surface area contributed by atoms with Gasteiger partial charge in [-0.15, -0.1) is 0 Å². The van der Waals surface area contributed by atoms with E-state index >= 15 is 0 Å². The minimum atomic E-state index is -0.897. The lowest BCUT2D eigenvalue weighted by molar-refractivity contribution is -0.138. The number of hydrogen-bond acceptors (Lipinski definition) is 4. The van der Waals surface area contributed by atoms with E-state index < -0.39 is 18.0 Å². The van der Waals surface area contributed by atoms with Gasteiger partial charge in [0.15, 0.2) is 0 Å². The van der Waals surface area contributed by atoms with Crippen LogP contribution in [0.25, 0.3) is 0 Å². The fraction of sp³-hybridized carbons (Fsp3) is 0.438. The van der Waals surface area contributed by atoms with E-state index in [9.17, 15) is 14.7 Å². The molecule has 0 fully saturated rings. The Morgan fingerprint density at radius 1 is 1.23 bits per heavy atom. The summed E-state index contributed by atoms with van der Waals surface area (Å²) in [5.74, 6) is -1.73. The second kappa shape index (κ2) is 8.48. The Bertz CT molecular complexity index is 529. The van der Waals surface area contributed by atoms with E-state index in [1.807, 2.05) is 36.1 Å². The second-order valence-electron chi connectivity index (χ2n) is 5.23. The first kappa shape index (κ1) is 18.1. The number of anilines is 1. The molecule has 5 nitrogen and oxygen atoms in total. The summed E-state index contributed by atoms with van der Waals surface area (Å²) >= 11 is 4.87. The minimum absolute atomic E-state index is 0.0338. The molecule has 1 aromatic carbocycles. The van der Waals surface area contributed by atoms with Crippen LogP contribution in [0.1, 0.15) is 32.3 Å². The second-order valence-corrected chi connectivity index (χ2v) is 5.57. The van der Waals surface area contributed by atoms with E-state index in [1.54, 1.807) is 12.3 Å². The fourth-order valence-electron chi connectivity index (χ4n) is 2.32. The topological polar surface area (TPSA) is 77.8 Å². The number of carboxylic acids is 2. The fourth-order valence-corrected chi connectivity index (χ4v) is 2.60. The third-order valence-corrected chi connectivity index (χ3v) is 3.74. The summed E-state index contributed by atoms with van der Waals surface area (Å²) in [5, 5.41) is 19.6. The largest absolute Gasteiger partial charge is 0.481 e. The minimum Gasteiger partial charge on any atom is -0.481 e. The highest BCUT2D eigenvalue weighted by Gasteiger charge is 2.25. The average Bonchev–Trinajstić information content (AvgIpc) is 2.46. The first-order valence-electron chi connectivity index (χ1n) is 7.12. The van der Waals surface area contributed by atoms with Crippen LogP contribution in [0.15, 0.2) is 24.3 Å². The zero-order valence-corrected chi connectivity index (χ0v) is 13.5. The van der Waals surface area contributed by atoms with Gasteiger partial charge in [-0.2, -0.15) is 0 Å². The third kappa shape index (κ3) is 5.11. The number of hydrogen-bond donors (Lipinski definition) is 2. The molecule has 2 N–H and O–H groups in total. The SMILES string of the molecule is CC(CC=S)N(c1ccc(CCC(=O)O)cc1)[C@@H](C)C(=O)O.